The number of nitrogens with one attached hydrogen (secondary N) is 2. The maximum Gasteiger partial charge on any atom is 0.191 e. The molecule has 0 aliphatic heterocycles. The zero-order valence-electron chi connectivity index (χ0n) is 18.2. The van der Waals surface area contributed by atoms with Crippen LogP contribution in [0.1, 0.15) is 48.0 Å². The van der Waals surface area contributed by atoms with E-state index in [1.165, 1.54) is 10.6 Å². The molecule has 0 saturated carbocycles. The lowest BCUT2D eigenvalue weighted by molar-refractivity contribution is 0.172. The number of rotatable bonds is 11. The van der Waals surface area contributed by atoms with Crippen molar-refractivity contribution >= 4 is 17.3 Å². The molecular formula is C22H34N4O2S. The van der Waals surface area contributed by atoms with E-state index in [9.17, 15) is 0 Å². The molecule has 1 aromatic carbocycles. The molecule has 29 heavy (non-hydrogen) atoms. The van der Waals surface area contributed by atoms with Crippen LogP contribution >= 0.6 is 11.3 Å². The Kier molecular flexibility index (Phi) is 9.94. The zero-order chi connectivity index (χ0) is 21.1. The van der Waals surface area contributed by atoms with Crippen molar-refractivity contribution in [1.82, 2.24) is 15.6 Å². The van der Waals surface area contributed by atoms with Crippen LogP contribution in [0.3, 0.4) is 0 Å². The van der Waals surface area contributed by atoms with Crippen LogP contribution in [-0.2, 0) is 17.7 Å². The van der Waals surface area contributed by atoms with Gasteiger partial charge in [0.25, 0.3) is 0 Å². The summed E-state index contributed by atoms with van der Waals surface area (Å²) in [5, 5.41) is 10.1. The predicted octanol–water partition coefficient (Wildman–Crippen LogP) is 3.90. The number of nitrogens with zero attached hydrogens (tertiary/aromatic N) is 2. The molecule has 1 heterocycles. The first-order valence-electron chi connectivity index (χ1n) is 10.1. The first kappa shape index (κ1) is 23.2. The van der Waals surface area contributed by atoms with Crippen LogP contribution in [0.5, 0.6) is 5.75 Å². The van der Waals surface area contributed by atoms with Crippen LogP contribution in [0.15, 0.2) is 28.6 Å². The van der Waals surface area contributed by atoms with Crippen LogP contribution in [-0.4, -0.2) is 44.9 Å². The molecule has 0 radical (unpaired) electrons. The molecule has 0 unspecified atom stereocenters. The normalized spacial score (nSPS) is 11.7. The van der Waals surface area contributed by atoms with Crippen molar-refractivity contribution in [3.8, 4) is 5.75 Å². The minimum Gasteiger partial charge on any atom is -0.493 e. The summed E-state index contributed by atoms with van der Waals surface area (Å²) in [6, 6.07) is 6.28. The Morgan fingerprint density at radius 1 is 1.24 bits per heavy atom. The number of aryl methyl sites for hydroxylation is 1. The molecule has 0 atom stereocenters. The number of methoxy groups -OCH3 is 1. The Labute approximate surface area is 178 Å². The van der Waals surface area contributed by atoms with Gasteiger partial charge in [0.05, 0.1) is 17.3 Å². The number of aliphatic imine (C=N–C) groups is 1. The molecule has 2 rings (SSSR count). The van der Waals surface area contributed by atoms with E-state index in [1.54, 1.807) is 25.5 Å². The van der Waals surface area contributed by atoms with Gasteiger partial charge in [-0.2, -0.15) is 0 Å². The number of aromatic nitrogens is 1. The summed E-state index contributed by atoms with van der Waals surface area (Å²) in [6.07, 6.45) is 1.75. The molecule has 1 aromatic heterocycles. The van der Waals surface area contributed by atoms with Crippen molar-refractivity contribution in [1.29, 1.82) is 0 Å². The Morgan fingerprint density at radius 3 is 2.76 bits per heavy atom. The summed E-state index contributed by atoms with van der Waals surface area (Å²) >= 11 is 1.74. The van der Waals surface area contributed by atoms with Crippen molar-refractivity contribution in [3.63, 3.8) is 0 Å². The maximum atomic E-state index is 5.96. The van der Waals surface area contributed by atoms with E-state index >= 15 is 0 Å². The smallest absolute Gasteiger partial charge is 0.191 e. The predicted molar refractivity (Wildman–Crippen MR) is 121 cm³/mol. The fraction of sp³-hybridized carbons (Fsp3) is 0.545. The molecule has 0 saturated heterocycles. The van der Waals surface area contributed by atoms with E-state index in [1.807, 2.05) is 0 Å². The second-order valence-corrected chi connectivity index (χ2v) is 8.13. The number of benzene rings is 1. The first-order chi connectivity index (χ1) is 14.0. The highest BCUT2D eigenvalue weighted by molar-refractivity contribution is 7.09. The van der Waals surface area contributed by atoms with Gasteiger partial charge in [-0.05, 0) is 18.6 Å². The summed E-state index contributed by atoms with van der Waals surface area (Å²) in [5.41, 5.74) is 3.42. The summed E-state index contributed by atoms with van der Waals surface area (Å²) in [7, 11) is 3.49. The van der Waals surface area contributed by atoms with Gasteiger partial charge in [-0.3, -0.25) is 4.99 Å². The number of ether oxygens (including phenoxy) is 2. The van der Waals surface area contributed by atoms with Crippen LogP contribution in [0, 0.1) is 6.92 Å². The fourth-order valence-electron chi connectivity index (χ4n) is 2.74. The molecule has 7 heteroatoms. The molecule has 0 fully saturated rings. The third kappa shape index (κ3) is 8.03. The molecule has 0 aliphatic carbocycles. The molecule has 0 spiro atoms. The van der Waals surface area contributed by atoms with Crippen LogP contribution in [0.25, 0.3) is 0 Å². The van der Waals surface area contributed by atoms with E-state index in [4.69, 9.17) is 9.47 Å². The SMILES string of the molecule is CN=C(NCCc1csc(C(C)C)n1)NCc1ccc(C)cc1OCCCOC. The average Bonchev–Trinajstić information content (AvgIpc) is 3.18. The Bertz CT molecular complexity index is 774. The second-order valence-electron chi connectivity index (χ2n) is 7.24. The topological polar surface area (TPSA) is 67.8 Å². The first-order valence-corrected chi connectivity index (χ1v) is 11.0. The van der Waals surface area contributed by atoms with Gasteiger partial charge < -0.3 is 20.1 Å². The number of thiazole rings is 1. The van der Waals surface area contributed by atoms with Crippen molar-refractivity contribution in [2.75, 3.05) is 33.9 Å². The molecule has 2 aromatic rings. The highest BCUT2D eigenvalue weighted by Crippen LogP contribution is 2.21. The molecule has 160 valence electrons. The summed E-state index contributed by atoms with van der Waals surface area (Å²) < 4.78 is 11.0. The lowest BCUT2D eigenvalue weighted by atomic mass is 10.1. The van der Waals surface area contributed by atoms with E-state index in [0.29, 0.717) is 25.7 Å². The van der Waals surface area contributed by atoms with E-state index in [0.717, 1.165) is 42.4 Å². The quantitative estimate of drug-likeness (QED) is 0.329. The molecule has 0 bridgehead atoms. The Balaban J connectivity index is 1.83. The van der Waals surface area contributed by atoms with Gasteiger partial charge in [-0.1, -0.05) is 26.0 Å². The lowest BCUT2D eigenvalue weighted by Crippen LogP contribution is -2.38. The van der Waals surface area contributed by atoms with Crippen molar-refractivity contribution in [2.24, 2.45) is 4.99 Å². The minimum atomic E-state index is 0.483. The van der Waals surface area contributed by atoms with Gasteiger partial charge in [0.2, 0.25) is 0 Å². The van der Waals surface area contributed by atoms with Gasteiger partial charge in [0, 0.05) is 63.6 Å². The molecule has 0 amide bonds. The Morgan fingerprint density at radius 2 is 2.07 bits per heavy atom. The summed E-state index contributed by atoms with van der Waals surface area (Å²) in [4.78, 5) is 9.00. The minimum absolute atomic E-state index is 0.483. The van der Waals surface area contributed by atoms with Crippen molar-refractivity contribution in [2.45, 2.75) is 46.1 Å². The number of hydrogen-bond donors (Lipinski definition) is 2. The average molecular weight is 419 g/mol. The number of hydrogen-bond acceptors (Lipinski definition) is 5. The van der Waals surface area contributed by atoms with E-state index in [-0.39, 0.29) is 0 Å². The van der Waals surface area contributed by atoms with Gasteiger partial charge in [-0.25, -0.2) is 4.98 Å². The van der Waals surface area contributed by atoms with E-state index in [2.05, 4.69) is 65.0 Å². The summed E-state index contributed by atoms with van der Waals surface area (Å²) in [6.45, 7) is 9.20. The fourth-order valence-corrected chi connectivity index (χ4v) is 3.61. The monoisotopic (exact) mass is 418 g/mol. The maximum absolute atomic E-state index is 5.96. The second kappa shape index (κ2) is 12.4. The molecule has 0 aliphatic rings. The number of guanidine groups is 1. The largest absolute Gasteiger partial charge is 0.493 e. The highest BCUT2D eigenvalue weighted by Gasteiger charge is 2.08. The molecule has 6 nitrogen and oxygen atoms in total. The van der Waals surface area contributed by atoms with Crippen LogP contribution in [0.4, 0.5) is 0 Å². The highest BCUT2D eigenvalue weighted by atomic mass is 32.1. The van der Waals surface area contributed by atoms with Crippen LogP contribution < -0.4 is 15.4 Å². The zero-order valence-corrected chi connectivity index (χ0v) is 19.1. The molecule has 2 N–H and O–H groups in total. The standard InChI is InChI=1S/C22H34N4O2S/c1-16(2)21-26-19(15-29-21)9-10-24-22(23-4)25-14-18-8-7-17(3)13-20(18)28-12-6-11-27-5/h7-8,13,15-16H,6,9-12,14H2,1-5H3,(H2,23,24,25). The lowest BCUT2D eigenvalue weighted by Gasteiger charge is -2.15. The van der Waals surface area contributed by atoms with Crippen molar-refractivity contribution in [3.05, 3.63) is 45.4 Å². The van der Waals surface area contributed by atoms with Gasteiger partial charge >= 0.3 is 0 Å². The Hall–Kier alpha value is -2.12. The molecular weight excluding hydrogens is 384 g/mol. The van der Waals surface area contributed by atoms with Gasteiger partial charge in [0.15, 0.2) is 5.96 Å². The van der Waals surface area contributed by atoms with Gasteiger partial charge in [-0.15, -0.1) is 11.3 Å². The third-order valence-corrected chi connectivity index (χ3v) is 5.57. The van der Waals surface area contributed by atoms with Gasteiger partial charge in [0.1, 0.15) is 5.75 Å². The van der Waals surface area contributed by atoms with Crippen LogP contribution in [0.2, 0.25) is 0 Å². The summed E-state index contributed by atoms with van der Waals surface area (Å²) in [5.74, 6) is 2.17. The third-order valence-electron chi connectivity index (χ3n) is 4.38. The van der Waals surface area contributed by atoms with E-state index < -0.39 is 0 Å². The van der Waals surface area contributed by atoms with Crippen molar-refractivity contribution < 1.29 is 9.47 Å².